The van der Waals surface area contributed by atoms with Crippen molar-refractivity contribution in [2.24, 2.45) is 0 Å². The van der Waals surface area contributed by atoms with Crippen LogP contribution in [0.2, 0.25) is 5.02 Å². The molecule has 0 radical (unpaired) electrons. The highest BCUT2D eigenvalue weighted by Crippen LogP contribution is 2.44. The molecule has 5 aromatic rings. The van der Waals surface area contributed by atoms with E-state index in [9.17, 15) is 20.0 Å². The molecule has 0 spiro atoms. The minimum Gasteiger partial charge on any atom is -0.491 e. The maximum atomic E-state index is 13.6. The van der Waals surface area contributed by atoms with E-state index in [-0.39, 0.29) is 40.6 Å². The molecule has 0 bridgehead atoms. The number of hydrogen-bond donors (Lipinski definition) is 1. The first-order chi connectivity index (χ1) is 19.8. The largest absolute Gasteiger partial charge is 0.491 e. The molecule has 0 saturated heterocycles. The molecule has 0 unspecified atom stereocenters. The molecule has 6 rings (SSSR count). The van der Waals surface area contributed by atoms with Crippen LogP contribution >= 0.6 is 22.9 Å². The number of carbonyl (C=O) groups is 1. The van der Waals surface area contributed by atoms with Crippen LogP contribution in [0.25, 0.3) is 32.2 Å². The molecular weight excluding hydrogens is 566 g/mol. The summed E-state index contributed by atoms with van der Waals surface area (Å²) in [4.78, 5) is 38.8. The number of benzene rings is 1. The molecule has 1 aromatic carbocycles. The van der Waals surface area contributed by atoms with E-state index in [1.807, 2.05) is 0 Å². The highest BCUT2D eigenvalue weighted by Gasteiger charge is 2.30. The highest BCUT2D eigenvalue weighted by atomic mass is 35.5. The number of carboxylic acid groups (broad SMARTS) is 1. The van der Waals surface area contributed by atoms with Gasteiger partial charge in [0.05, 0.1) is 46.7 Å². The average Bonchev–Trinajstić information content (AvgIpc) is 3.73. The minimum absolute atomic E-state index is 0.00529. The summed E-state index contributed by atoms with van der Waals surface area (Å²) >= 11 is 7.53. The van der Waals surface area contributed by atoms with Gasteiger partial charge in [0.25, 0.3) is 5.56 Å². The van der Waals surface area contributed by atoms with Crippen molar-refractivity contribution in [3.05, 3.63) is 74.7 Å². The number of hydrogen-bond acceptors (Lipinski definition) is 9. The Morgan fingerprint density at radius 3 is 2.78 bits per heavy atom. The van der Waals surface area contributed by atoms with Gasteiger partial charge in [0.2, 0.25) is 0 Å². The van der Waals surface area contributed by atoms with E-state index in [2.05, 4.69) is 21.0 Å². The van der Waals surface area contributed by atoms with Crippen LogP contribution in [-0.2, 0) is 6.54 Å². The van der Waals surface area contributed by atoms with Crippen LogP contribution in [0, 0.1) is 18.3 Å². The van der Waals surface area contributed by atoms with Gasteiger partial charge < -0.3 is 14.6 Å². The number of pyridine rings is 2. The third kappa shape index (κ3) is 4.65. The number of nitriles is 1. The maximum absolute atomic E-state index is 13.6. The van der Waals surface area contributed by atoms with E-state index in [1.54, 1.807) is 37.4 Å². The SMILES string of the molecule is COc1sc2c(-c3cc(Cl)ccc3OCCn3c(C)nc4cnc(C5CC5)c(C#N)c4c3=O)ccnc2c1C(=O)O. The summed E-state index contributed by atoms with van der Waals surface area (Å²) in [5, 5.41) is 20.6. The van der Waals surface area contributed by atoms with Crippen LogP contribution in [0.3, 0.4) is 0 Å². The summed E-state index contributed by atoms with van der Waals surface area (Å²) < 4.78 is 13.6. The molecule has 0 aliphatic heterocycles. The summed E-state index contributed by atoms with van der Waals surface area (Å²) in [5.74, 6) is 0.0488. The molecule has 4 aromatic heterocycles. The Morgan fingerprint density at radius 1 is 1.27 bits per heavy atom. The number of nitrogens with zero attached hydrogens (tertiary/aromatic N) is 5. The van der Waals surface area contributed by atoms with Crippen molar-refractivity contribution < 1.29 is 19.4 Å². The normalized spacial score (nSPS) is 12.9. The summed E-state index contributed by atoms with van der Waals surface area (Å²) in [6.45, 7) is 2.03. The van der Waals surface area contributed by atoms with Crippen molar-refractivity contribution >= 4 is 50.0 Å². The minimum atomic E-state index is -1.13. The van der Waals surface area contributed by atoms with Gasteiger partial charge in [0, 0.05) is 28.3 Å². The second-order valence-electron chi connectivity index (χ2n) is 9.58. The summed E-state index contributed by atoms with van der Waals surface area (Å²) in [5.41, 5.74) is 2.67. The molecule has 0 atom stereocenters. The predicted octanol–water partition coefficient (Wildman–Crippen LogP) is 5.56. The second kappa shape index (κ2) is 10.5. The molecule has 4 heterocycles. The topological polar surface area (TPSA) is 140 Å². The number of ether oxygens (including phenoxy) is 2. The first-order valence-corrected chi connectivity index (χ1v) is 13.9. The molecular formula is C29H22ClN5O5S. The first kappa shape index (κ1) is 26.7. The molecule has 0 amide bonds. The van der Waals surface area contributed by atoms with Gasteiger partial charge in [0.15, 0.2) is 5.06 Å². The third-order valence-corrected chi connectivity index (χ3v) is 8.45. The van der Waals surface area contributed by atoms with E-state index < -0.39 is 5.97 Å². The van der Waals surface area contributed by atoms with Gasteiger partial charge in [0.1, 0.15) is 35.3 Å². The smallest absolute Gasteiger partial charge is 0.342 e. The number of fused-ring (bicyclic) bond motifs is 2. The van der Waals surface area contributed by atoms with Crippen molar-refractivity contribution in [2.75, 3.05) is 13.7 Å². The lowest BCUT2D eigenvalue weighted by atomic mass is 10.0. The first-order valence-electron chi connectivity index (χ1n) is 12.7. The number of thiophene rings is 1. The molecule has 41 heavy (non-hydrogen) atoms. The van der Waals surface area contributed by atoms with Gasteiger partial charge in [-0.3, -0.25) is 19.3 Å². The number of methoxy groups -OCH3 is 1. The van der Waals surface area contributed by atoms with E-state index in [0.29, 0.717) is 54.7 Å². The Bertz CT molecular complexity index is 1980. The molecule has 206 valence electrons. The van der Waals surface area contributed by atoms with Crippen LogP contribution < -0.4 is 15.0 Å². The average molecular weight is 588 g/mol. The molecule has 1 fully saturated rings. The van der Waals surface area contributed by atoms with Crippen molar-refractivity contribution in [1.29, 1.82) is 5.26 Å². The van der Waals surface area contributed by atoms with Crippen molar-refractivity contribution in [3.8, 4) is 28.0 Å². The number of carboxylic acids is 1. The van der Waals surface area contributed by atoms with Gasteiger partial charge in [-0.05, 0) is 44.0 Å². The van der Waals surface area contributed by atoms with Crippen LogP contribution in [-0.4, -0.2) is 44.3 Å². The zero-order chi connectivity index (χ0) is 28.8. The van der Waals surface area contributed by atoms with Gasteiger partial charge in [-0.15, -0.1) is 0 Å². The quantitative estimate of drug-likeness (QED) is 0.247. The second-order valence-corrected chi connectivity index (χ2v) is 11.0. The summed E-state index contributed by atoms with van der Waals surface area (Å²) in [6.07, 6.45) is 5.02. The number of rotatable bonds is 8. The molecule has 1 N–H and O–H groups in total. The summed E-state index contributed by atoms with van der Waals surface area (Å²) in [6, 6.07) is 9.10. The fourth-order valence-electron chi connectivity index (χ4n) is 4.98. The molecule has 1 saturated carbocycles. The van der Waals surface area contributed by atoms with Crippen molar-refractivity contribution in [2.45, 2.75) is 32.2 Å². The van der Waals surface area contributed by atoms with Crippen molar-refractivity contribution in [3.63, 3.8) is 0 Å². The van der Waals surface area contributed by atoms with Gasteiger partial charge >= 0.3 is 5.97 Å². The lowest BCUT2D eigenvalue weighted by molar-refractivity contribution is 0.0696. The molecule has 1 aliphatic rings. The Hall–Kier alpha value is -4.53. The van der Waals surface area contributed by atoms with E-state index in [4.69, 9.17) is 21.1 Å². The fraction of sp³-hybridized carbons (Fsp3) is 0.241. The zero-order valence-corrected chi connectivity index (χ0v) is 23.5. The standard InChI is InChI=1S/C29H22ClN5O5S/c1-14-34-20-13-33-24(15-3-4-15)19(12-31)22(20)27(36)35(14)9-10-40-21-6-5-16(30)11-18(21)17-7-8-32-25-23(28(37)38)29(39-2)41-26(17)25/h5-8,11,13,15H,3-4,9-10H2,1-2H3,(H,37,38). The lowest BCUT2D eigenvalue weighted by Crippen LogP contribution is -2.27. The Morgan fingerprint density at radius 2 is 2.07 bits per heavy atom. The monoisotopic (exact) mass is 587 g/mol. The van der Waals surface area contributed by atoms with Gasteiger partial charge in [-0.25, -0.2) is 9.78 Å². The van der Waals surface area contributed by atoms with Crippen LogP contribution in [0.5, 0.6) is 10.8 Å². The number of aryl methyl sites for hydroxylation is 1. The fourth-order valence-corrected chi connectivity index (χ4v) is 6.24. The van der Waals surface area contributed by atoms with E-state index >= 15 is 0 Å². The Balaban J connectivity index is 1.35. The van der Waals surface area contributed by atoms with E-state index in [0.717, 1.165) is 12.8 Å². The highest BCUT2D eigenvalue weighted by molar-refractivity contribution is 7.21. The van der Waals surface area contributed by atoms with E-state index in [1.165, 1.54) is 29.2 Å². The van der Waals surface area contributed by atoms with Gasteiger partial charge in [-0.2, -0.15) is 5.26 Å². The van der Waals surface area contributed by atoms with Crippen LogP contribution in [0.4, 0.5) is 0 Å². The summed E-state index contributed by atoms with van der Waals surface area (Å²) in [7, 11) is 1.42. The van der Waals surface area contributed by atoms with Gasteiger partial charge in [-0.1, -0.05) is 22.9 Å². The number of aromatic nitrogens is 4. The maximum Gasteiger partial charge on any atom is 0.342 e. The van der Waals surface area contributed by atoms with Crippen molar-refractivity contribution in [1.82, 2.24) is 19.5 Å². The lowest BCUT2D eigenvalue weighted by Gasteiger charge is -2.15. The Labute approximate surface area is 242 Å². The third-order valence-electron chi connectivity index (χ3n) is 7.04. The number of halogens is 1. The van der Waals surface area contributed by atoms with Crippen LogP contribution in [0.1, 0.15) is 46.2 Å². The predicted molar refractivity (Wildman–Crippen MR) is 154 cm³/mol. The zero-order valence-electron chi connectivity index (χ0n) is 22.0. The van der Waals surface area contributed by atoms with Crippen LogP contribution in [0.15, 0.2) is 41.5 Å². The molecule has 12 heteroatoms. The molecule has 1 aliphatic carbocycles. The Kier molecular flexibility index (Phi) is 6.81. The molecule has 10 nitrogen and oxygen atoms in total. The number of aromatic carboxylic acids is 1.